The molecule has 158 valence electrons. The molecule has 3 rings (SSSR count). The van der Waals surface area contributed by atoms with E-state index in [0.29, 0.717) is 22.1 Å². The Morgan fingerprint density at radius 1 is 1.40 bits per heavy atom. The Bertz CT molecular complexity index is 975. The number of thioether (sulfide) groups is 1. The van der Waals surface area contributed by atoms with Gasteiger partial charge in [-0.3, -0.25) is 9.59 Å². The summed E-state index contributed by atoms with van der Waals surface area (Å²) in [6.45, 7) is 5.67. The SMILES string of the molecule is C#CCSC(=O)n1nc(C)c(-c2ccc(C)c(Cl)c2)c1/N=C\N.O=CN1CCCC1. The van der Waals surface area contributed by atoms with Crippen LogP contribution in [-0.2, 0) is 4.79 Å². The second-order valence-electron chi connectivity index (χ2n) is 6.55. The second-order valence-corrected chi connectivity index (χ2v) is 7.88. The zero-order chi connectivity index (χ0) is 22.1. The van der Waals surface area contributed by atoms with E-state index in [0.717, 1.165) is 48.7 Å². The average molecular weight is 446 g/mol. The van der Waals surface area contributed by atoms with Crippen molar-refractivity contribution in [2.75, 3.05) is 18.8 Å². The lowest BCUT2D eigenvalue weighted by Crippen LogP contribution is -2.15. The van der Waals surface area contributed by atoms with Gasteiger partial charge in [-0.2, -0.15) is 9.78 Å². The predicted molar refractivity (Wildman–Crippen MR) is 123 cm³/mol. The van der Waals surface area contributed by atoms with Crippen LogP contribution in [0.2, 0.25) is 5.02 Å². The van der Waals surface area contributed by atoms with Crippen molar-refractivity contribution in [2.45, 2.75) is 26.7 Å². The van der Waals surface area contributed by atoms with Crippen molar-refractivity contribution in [1.29, 1.82) is 0 Å². The summed E-state index contributed by atoms with van der Waals surface area (Å²) in [6, 6.07) is 5.63. The minimum atomic E-state index is -0.309. The Balaban J connectivity index is 0.000000386. The topological polar surface area (TPSA) is 93.6 Å². The van der Waals surface area contributed by atoms with Crippen molar-refractivity contribution in [3.8, 4) is 23.5 Å². The van der Waals surface area contributed by atoms with Crippen LogP contribution in [0.15, 0.2) is 23.2 Å². The van der Waals surface area contributed by atoms with E-state index in [-0.39, 0.29) is 11.0 Å². The maximum Gasteiger partial charge on any atom is 0.308 e. The number of nitrogens with zero attached hydrogens (tertiary/aromatic N) is 4. The molecule has 1 amide bonds. The minimum absolute atomic E-state index is 0.259. The molecular formula is C21H24ClN5O2S. The van der Waals surface area contributed by atoms with Gasteiger partial charge >= 0.3 is 5.24 Å². The fourth-order valence-corrected chi connectivity index (χ4v) is 3.57. The minimum Gasteiger partial charge on any atom is -0.390 e. The molecule has 1 aliphatic heterocycles. The fraction of sp³-hybridized carbons (Fsp3) is 0.333. The van der Waals surface area contributed by atoms with Gasteiger partial charge in [0.1, 0.15) is 0 Å². The van der Waals surface area contributed by atoms with E-state index in [1.54, 1.807) is 11.8 Å². The van der Waals surface area contributed by atoms with Crippen LogP contribution < -0.4 is 5.73 Å². The Morgan fingerprint density at radius 3 is 2.63 bits per heavy atom. The maximum absolute atomic E-state index is 12.2. The lowest BCUT2D eigenvalue weighted by molar-refractivity contribution is -0.117. The largest absolute Gasteiger partial charge is 0.390 e. The number of amides is 1. The van der Waals surface area contributed by atoms with Crippen LogP contribution in [0.3, 0.4) is 0 Å². The van der Waals surface area contributed by atoms with Gasteiger partial charge in [0, 0.05) is 23.7 Å². The van der Waals surface area contributed by atoms with Gasteiger partial charge in [-0.05, 0) is 55.6 Å². The molecule has 1 aromatic heterocycles. The molecule has 0 spiro atoms. The number of hydrogen-bond acceptors (Lipinski definition) is 5. The third kappa shape index (κ3) is 5.88. The highest BCUT2D eigenvalue weighted by Crippen LogP contribution is 2.36. The zero-order valence-electron chi connectivity index (χ0n) is 17.0. The first-order valence-electron chi connectivity index (χ1n) is 9.33. The van der Waals surface area contributed by atoms with Gasteiger partial charge < -0.3 is 10.6 Å². The molecule has 1 aliphatic rings. The van der Waals surface area contributed by atoms with Gasteiger partial charge in [0.25, 0.3) is 0 Å². The molecule has 7 nitrogen and oxygen atoms in total. The fourth-order valence-electron chi connectivity index (χ4n) is 2.93. The summed E-state index contributed by atoms with van der Waals surface area (Å²) >= 11 is 7.18. The molecule has 9 heteroatoms. The Kier molecular flexibility index (Phi) is 8.96. The van der Waals surface area contributed by atoms with Crippen molar-refractivity contribution in [3.63, 3.8) is 0 Å². The van der Waals surface area contributed by atoms with Crippen LogP contribution in [0, 0.1) is 26.2 Å². The molecule has 0 atom stereocenters. The van der Waals surface area contributed by atoms with E-state index >= 15 is 0 Å². The Labute approximate surface area is 185 Å². The summed E-state index contributed by atoms with van der Waals surface area (Å²) in [5.41, 5.74) is 8.58. The first-order valence-corrected chi connectivity index (χ1v) is 10.7. The third-order valence-electron chi connectivity index (χ3n) is 4.44. The summed E-state index contributed by atoms with van der Waals surface area (Å²) in [4.78, 5) is 28.1. The van der Waals surface area contributed by atoms with E-state index < -0.39 is 0 Å². The quantitative estimate of drug-likeness (QED) is 0.332. The molecule has 0 radical (unpaired) electrons. The van der Waals surface area contributed by atoms with Crippen LogP contribution in [0.4, 0.5) is 10.6 Å². The molecule has 0 aliphatic carbocycles. The van der Waals surface area contributed by atoms with E-state index in [1.165, 1.54) is 17.5 Å². The number of carbonyl (C=O) groups excluding carboxylic acids is 2. The number of carbonyl (C=O) groups is 2. The molecule has 30 heavy (non-hydrogen) atoms. The summed E-state index contributed by atoms with van der Waals surface area (Å²) < 4.78 is 1.21. The lowest BCUT2D eigenvalue weighted by Gasteiger charge is -2.05. The number of nitrogens with two attached hydrogens (primary N) is 1. The maximum atomic E-state index is 12.2. The van der Waals surface area contributed by atoms with Gasteiger partial charge in [0.2, 0.25) is 6.41 Å². The zero-order valence-corrected chi connectivity index (χ0v) is 18.5. The molecule has 1 saturated heterocycles. The Hall–Kier alpha value is -2.76. The first-order chi connectivity index (χ1) is 14.4. The van der Waals surface area contributed by atoms with Crippen molar-refractivity contribution in [1.82, 2.24) is 14.7 Å². The predicted octanol–water partition coefficient (Wildman–Crippen LogP) is 4.01. The van der Waals surface area contributed by atoms with E-state index in [4.69, 9.17) is 23.8 Å². The third-order valence-corrected chi connectivity index (χ3v) is 5.57. The highest BCUT2D eigenvalue weighted by molar-refractivity contribution is 8.13. The van der Waals surface area contributed by atoms with Gasteiger partial charge in [-0.15, -0.1) is 6.42 Å². The van der Waals surface area contributed by atoms with Crippen molar-refractivity contribution in [3.05, 3.63) is 34.5 Å². The van der Waals surface area contributed by atoms with E-state index in [2.05, 4.69) is 16.0 Å². The molecule has 1 aromatic carbocycles. The highest BCUT2D eigenvalue weighted by Gasteiger charge is 2.21. The monoisotopic (exact) mass is 445 g/mol. The molecule has 2 N–H and O–H groups in total. The summed E-state index contributed by atoms with van der Waals surface area (Å²) in [5.74, 6) is 3.03. The smallest absolute Gasteiger partial charge is 0.308 e. The lowest BCUT2D eigenvalue weighted by atomic mass is 10.0. The molecule has 1 fully saturated rings. The van der Waals surface area contributed by atoms with Crippen LogP contribution in [0.1, 0.15) is 24.1 Å². The normalized spacial score (nSPS) is 13.1. The average Bonchev–Trinajstić information content (AvgIpc) is 3.37. The molecule has 0 unspecified atom stereocenters. The molecule has 2 aromatic rings. The van der Waals surface area contributed by atoms with Gasteiger partial charge in [0.15, 0.2) is 5.82 Å². The Morgan fingerprint density at radius 2 is 2.10 bits per heavy atom. The van der Waals surface area contributed by atoms with E-state index in [9.17, 15) is 9.59 Å². The van der Waals surface area contributed by atoms with Crippen LogP contribution in [0.25, 0.3) is 11.1 Å². The van der Waals surface area contributed by atoms with Gasteiger partial charge in [-0.25, -0.2) is 4.99 Å². The standard InChI is InChI=1S/C16H15ClN4OS.C5H9NO/c1-4-7-23-16(22)21-15(19-9-18)14(11(3)20-21)12-6-5-10(2)13(17)8-12;7-5-6-3-1-2-4-6/h1,5-6,8-9H,7H2,2-3H3,(H2,18,19);5H,1-4H2. The second kappa shape index (κ2) is 11.4. The number of aryl methyl sites for hydroxylation is 2. The summed E-state index contributed by atoms with van der Waals surface area (Å²) in [5, 5.41) is 4.60. The van der Waals surface area contributed by atoms with E-state index in [1.807, 2.05) is 25.1 Å². The van der Waals surface area contributed by atoms with Crippen LogP contribution in [0.5, 0.6) is 0 Å². The number of likely N-dealkylation sites (tertiary alicyclic amines) is 1. The van der Waals surface area contributed by atoms with Gasteiger partial charge in [-0.1, -0.05) is 29.7 Å². The number of aromatic nitrogens is 2. The van der Waals surface area contributed by atoms with Crippen molar-refractivity contribution >= 4 is 47.2 Å². The molecule has 0 bridgehead atoms. The number of halogens is 1. The molecule has 0 saturated carbocycles. The number of aliphatic imine (C=N–C) groups is 1. The number of benzene rings is 1. The first kappa shape index (κ1) is 23.5. The number of terminal acetylenes is 1. The molecular weight excluding hydrogens is 422 g/mol. The van der Waals surface area contributed by atoms with Crippen LogP contribution in [-0.4, -0.2) is 51.5 Å². The number of rotatable bonds is 4. The molecule has 2 heterocycles. The van der Waals surface area contributed by atoms with Crippen molar-refractivity contribution in [2.24, 2.45) is 10.7 Å². The highest BCUT2D eigenvalue weighted by atomic mass is 35.5. The van der Waals surface area contributed by atoms with Crippen LogP contribution >= 0.6 is 23.4 Å². The van der Waals surface area contributed by atoms with Gasteiger partial charge in [0.05, 0.1) is 17.8 Å². The number of hydrogen-bond donors (Lipinski definition) is 1. The summed E-state index contributed by atoms with van der Waals surface area (Å²) in [6.07, 6.45) is 9.63. The summed E-state index contributed by atoms with van der Waals surface area (Å²) in [7, 11) is 0. The van der Waals surface area contributed by atoms with Crippen molar-refractivity contribution < 1.29 is 9.59 Å².